The fraction of sp³-hybridized carbons (Fsp3) is 0.500. The second-order valence-corrected chi connectivity index (χ2v) is 5.17. The van der Waals surface area contributed by atoms with Gasteiger partial charge in [-0.1, -0.05) is 6.07 Å². The number of rotatable bonds is 2. The molecule has 1 aliphatic rings. The lowest BCUT2D eigenvalue weighted by molar-refractivity contribution is 0.415. The van der Waals surface area contributed by atoms with Crippen molar-refractivity contribution in [2.45, 2.75) is 12.8 Å². The molecule has 0 saturated carbocycles. The zero-order chi connectivity index (χ0) is 12.5. The summed E-state index contributed by atoms with van der Waals surface area (Å²) in [4.78, 5) is 6.89. The van der Waals surface area contributed by atoms with Crippen molar-refractivity contribution in [3.05, 3.63) is 24.5 Å². The Bertz CT molecular complexity index is 538. The summed E-state index contributed by atoms with van der Waals surface area (Å²) in [6.45, 7) is 3.03. The average Bonchev–Trinajstić information content (AvgIpc) is 2.81. The van der Waals surface area contributed by atoms with Crippen molar-refractivity contribution in [3.63, 3.8) is 0 Å². The Balaban J connectivity index is 1.93. The van der Waals surface area contributed by atoms with E-state index in [1.165, 1.54) is 24.0 Å². The van der Waals surface area contributed by atoms with Gasteiger partial charge in [0.2, 0.25) is 0 Å². The normalized spacial score (nSPS) is 17.6. The van der Waals surface area contributed by atoms with E-state index in [0.717, 1.165) is 25.2 Å². The molecule has 1 saturated heterocycles. The van der Waals surface area contributed by atoms with E-state index in [1.54, 1.807) is 0 Å². The molecule has 2 N–H and O–H groups in total. The topological polar surface area (TPSA) is 47.1 Å². The molecular formula is C14H20N4. The Labute approximate surface area is 107 Å². The molecule has 0 aliphatic carbocycles. The van der Waals surface area contributed by atoms with Crippen LogP contribution in [0.15, 0.2) is 24.5 Å². The quantitative estimate of drug-likeness (QED) is 0.875. The van der Waals surface area contributed by atoms with E-state index in [2.05, 4.69) is 39.7 Å². The fourth-order valence-corrected chi connectivity index (χ4v) is 2.86. The minimum atomic E-state index is 0.701. The highest BCUT2D eigenvalue weighted by atomic mass is 15.2. The molecule has 0 bridgehead atoms. The number of fused-ring (bicyclic) bond motifs is 1. The summed E-state index contributed by atoms with van der Waals surface area (Å²) < 4.78 is 2.11. The van der Waals surface area contributed by atoms with Crippen LogP contribution < -0.4 is 10.6 Å². The molecule has 0 spiro atoms. The fourth-order valence-electron chi connectivity index (χ4n) is 2.86. The second-order valence-electron chi connectivity index (χ2n) is 5.17. The van der Waals surface area contributed by atoms with Gasteiger partial charge in [-0.05, 0) is 37.4 Å². The lowest BCUT2D eigenvalue weighted by atomic mass is 9.96. The van der Waals surface area contributed by atoms with Crippen molar-refractivity contribution in [3.8, 4) is 0 Å². The molecule has 96 valence electrons. The summed E-state index contributed by atoms with van der Waals surface area (Å²) in [7, 11) is 2.06. The molecule has 3 rings (SSSR count). The first-order chi connectivity index (χ1) is 8.79. The molecule has 1 fully saturated rings. The third-order valence-electron chi connectivity index (χ3n) is 4.00. The van der Waals surface area contributed by atoms with Gasteiger partial charge in [0.05, 0.1) is 23.0 Å². The number of anilines is 1. The number of benzene rings is 1. The van der Waals surface area contributed by atoms with Crippen LogP contribution >= 0.6 is 0 Å². The van der Waals surface area contributed by atoms with Gasteiger partial charge in [0.25, 0.3) is 0 Å². The van der Waals surface area contributed by atoms with Crippen molar-refractivity contribution in [1.82, 2.24) is 9.55 Å². The van der Waals surface area contributed by atoms with Gasteiger partial charge in [-0.2, -0.15) is 0 Å². The first-order valence-electron chi connectivity index (χ1n) is 6.64. The highest BCUT2D eigenvalue weighted by Crippen LogP contribution is 2.29. The molecule has 4 nitrogen and oxygen atoms in total. The van der Waals surface area contributed by atoms with Crippen molar-refractivity contribution < 1.29 is 0 Å². The van der Waals surface area contributed by atoms with E-state index in [9.17, 15) is 0 Å². The van der Waals surface area contributed by atoms with Crippen LogP contribution in [-0.4, -0.2) is 29.2 Å². The average molecular weight is 244 g/mol. The lowest BCUT2D eigenvalue weighted by Gasteiger charge is -2.33. The molecule has 4 heteroatoms. The number of aromatic nitrogens is 2. The van der Waals surface area contributed by atoms with Gasteiger partial charge in [0.15, 0.2) is 0 Å². The predicted octanol–water partition coefficient (Wildman–Crippen LogP) is 1.75. The predicted molar refractivity (Wildman–Crippen MR) is 74.7 cm³/mol. The Kier molecular flexibility index (Phi) is 2.96. The summed E-state index contributed by atoms with van der Waals surface area (Å²) in [5.41, 5.74) is 9.38. The number of hydrogen-bond acceptors (Lipinski definition) is 3. The van der Waals surface area contributed by atoms with Crippen LogP contribution in [0.4, 0.5) is 5.69 Å². The van der Waals surface area contributed by atoms with E-state index < -0.39 is 0 Å². The van der Waals surface area contributed by atoms with E-state index in [4.69, 9.17) is 5.73 Å². The molecule has 0 radical (unpaired) electrons. The van der Waals surface area contributed by atoms with Crippen LogP contribution in [0.25, 0.3) is 11.0 Å². The van der Waals surface area contributed by atoms with Crippen molar-refractivity contribution in [1.29, 1.82) is 0 Å². The highest BCUT2D eigenvalue weighted by molar-refractivity contribution is 5.89. The summed E-state index contributed by atoms with van der Waals surface area (Å²) >= 11 is 0. The number of aryl methyl sites for hydroxylation is 1. The Hall–Kier alpha value is -1.55. The summed E-state index contributed by atoms with van der Waals surface area (Å²) in [6, 6.07) is 6.37. The zero-order valence-electron chi connectivity index (χ0n) is 10.8. The van der Waals surface area contributed by atoms with Crippen molar-refractivity contribution >= 4 is 16.7 Å². The van der Waals surface area contributed by atoms with Gasteiger partial charge in [0, 0.05) is 20.1 Å². The van der Waals surface area contributed by atoms with Crippen LogP contribution in [0, 0.1) is 5.92 Å². The van der Waals surface area contributed by atoms with Crippen LogP contribution in [0.3, 0.4) is 0 Å². The maximum atomic E-state index is 5.75. The summed E-state index contributed by atoms with van der Waals surface area (Å²) in [5, 5.41) is 0. The van der Waals surface area contributed by atoms with E-state index >= 15 is 0 Å². The Morgan fingerprint density at radius 1 is 1.33 bits per heavy atom. The van der Waals surface area contributed by atoms with Crippen molar-refractivity contribution in [2.75, 3.05) is 24.5 Å². The first-order valence-corrected chi connectivity index (χ1v) is 6.64. The SMILES string of the molecule is Cn1cnc2cccc(N3CCC(CN)CC3)c21. The second kappa shape index (κ2) is 4.61. The highest BCUT2D eigenvalue weighted by Gasteiger charge is 2.20. The van der Waals surface area contributed by atoms with Crippen LogP contribution in [-0.2, 0) is 7.05 Å². The molecular weight excluding hydrogens is 224 g/mol. The number of imidazole rings is 1. The third kappa shape index (κ3) is 1.86. The molecule has 2 aromatic rings. The molecule has 0 unspecified atom stereocenters. The third-order valence-corrected chi connectivity index (χ3v) is 4.00. The van der Waals surface area contributed by atoms with Gasteiger partial charge in [-0.25, -0.2) is 4.98 Å². The van der Waals surface area contributed by atoms with E-state index in [-0.39, 0.29) is 0 Å². The van der Waals surface area contributed by atoms with Gasteiger partial charge < -0.3 is 15.2 Å². The largest absolute Gasteiger partial charge is 0.370 e. The van der Waals surface area contributed by atoms with Crippen LogP contribution in [0.5, 0.6) is 0 Å². The van der Waals surface area contributed by atoms with Gasteiger partial charge in [-0.15, -0.1) is 0 Å². The molecule has 18 heavy (non-hydrogen) atoms. The first kappa shape index (κ1) is 11.5. The number of nitrogens with zero attached hydrogens (tertiary/aromatic N) is 3. The number of para-hydroxylation sites is 1. The summed E-state index contributed by atoms with van der Waals surface area (Å²) in [5.74, 6) is 0.701. The zero-order valence-corrected chi connectivity index (χ0v) is 10.8. The molecule has 0 atom stereocenters. The Morgan fingerprint density at radius 2 is 2.11 bits per heavy atom. The minimum absolute atomic E-state index is 0.701. The van der Waals surface area contributed by atoms with Gasteiger partial charge in [0.1, 0.15) is 0 Å². The molecule has 1 aromatic carbocycles. The summed E-state index contributed by atoms with van der Waals surface area (Å²) in [6.07, 6.45) is 4.29. The molecule has 1 aliphatic heterocycles. The van der Waals surface area contributed by atoms with Gasteiger partial charge >= 0.3 is 0 Å². The molecule has 2 heterocycles. The maximum absolute atomic E-state index is 5.75. The molecule has 1 aromatic heterocycles. The van der Waals surface area contributed by atoms with Crippen LogP contribution in [0.2, 0.25) is 0 Å². The smallest absolute Gasteiger partial charge is 0.0956 e. The lowest BCUT2D eigenvalue weighted by Crippen LogP contribution is -2.36. The number of nitrogens with two attached hydrogens (primary N) is 1. The van der Waals surface area contributed by atoms with E-state index in [1.807, 2.05) is 6.33 Å². The standard InChI is InChI=1S/C14H20N4/c1-17-10-16-12-3-2-4-13(14(12)17)18-7-5-11(9-15)6-8-18/h2-4,10-11H,5-9,15H2,1H3. The number of piperidine rings is 1. The minimum Gasteiger partial charge on any atom is -0.370 e. The maximum Gasteiger partial charge on any atom is 0.0956 e. The van der Waals surface area contributed by atoms with Crippen LogP contribution in [0.1, 0.15) is 12.8 Å². The Morgan fingerprint density at radius 3 is 2.83 bits per heavy atom. The monoisotopic (exact) mass is 244 g/mol. The number of hydrogen-bond donors (Lipinski definition) is 1. The van der Waals surface area contributed by atoms with Crippen molar-refractivity contribution in [2.24, 2.45) is 18.7 Å². The molecule has 0 amide bonds. The van der Waals surface area contributed by atoms with E-state index in [0.29, 0.717) is 5.92 Å². The van der Waals surface area contributed by atoms with Gasteiger partial charge in [-0.3, -0.25) is 0 Å².